The fourth-order valence-electron chi connectivity index (χ4n) is 3.15. The van der Waals surface area contributed by atoms with Crippen molar-refractivity contribution in [1.29, 1.82) is 0 Å². The molecule has 7 heteroatoms. The molecule has 0 saturated carbocycles. The minimum atomic E-state index is -0.604. The van der Waals surface area contributed by atoms with E-state index in [9.17, 15) is 4.79 Å². The zero-order valence-electron chi connectivity index (χ0n) is 14.4. The Morgan fingerprint density at radius 1 is 1.20 bits per heavy atom. The number of piperidine rings is 1. The third-order valence-corrected chi connectivity index (χ3v) is 4.47. The number of carbonyl (C=O) groups excluding carboxylic acids is 1. The van der Waals surface area contributed by atoms with Gasteiger partial charge in [-0.25, -0.2) is 0 Å². The summed E-state index contributed by atoms with van der Waals surface area (Å²) in [5.41, 5.74) is 6.66. The molecule has 0 aliphatic carbocycles. The molecule has 0 radical (unpaired) electrons. The Bertz CT molecular complexity index is 694. The molecule has 3 rings (SSSR count). The van der Waals surface area contributed by atoms with E-state index in [0.717, 1.165) is 30.7 Å². The number of nitrogens with zero attached hydrogens (tertiary/aromatic N) is 3. The van der Waals surface area contributed by atoms with E-state index >= 15 is 0 Å². The molecule has 0 unspecified atom stereocenters. The van der Waals surface area contributed by atoms with Gasteiger partial charge >= 0.3 is 0 Å². The van der Waals surface area contributed by atoms with Crippen LogP contribution in [0.5, 0.6) is 5.75 Å². The Kier molecular flexibility index (Phi) is 6.00. The van der Waals surface area contributed by atoms with Gasteiger partial charge in [-0.05, 0) is 57.5 Å². The molecule has 2 heterocycles. The highest BCUT2D eigenvalue weighted by Gasteiger charge is 2.15. The van der Waals surface area contributed by atoms with E-state index in [1.54, 1.807) is 0 Å². The van der Waals surface area contributed by atoms with Crippen LogP contribution < -0.4 is 10.5 Å². The number of unbranched alkanes of at least 4 members (excludes halogenated alkanes) is 1. The number of aromatic nitrogens is 3. The second-order valence-electron chi connectivity index (χ2n) is 6.37. The third kappa shape index (κ3) is 4.79. The van der Waals surface area contributed by atoms with Gasteiger partial charge in [0.1, 0.15) is 11.4 Å². The fraction of sp³-hybridized carbons (Fsp3) is 0.500. The van der Waals surface area contributed by atoms with Crippen molar-refractivity contribution in [3.8, 4) is 17.0 Å². The third-order valence-electron chi connectivity index (χ3n) is 4.47. The standard InChI is InChI=1S/C18H25N5O2/c19-18(24)17-16(20-22-21-17)14-7-6-8-15(13-14)25-12-5-4-11-23-9-2-1-3-10-23/h6-8,13H,1-5,9-12H2,(H2,19,24)(H,20,21,22). The van der Waals surface area contributed by atoms with Crippen LogP contribution in [0.1, 0.15) is 42.6 Å². The van der Waals surface area contributed by atoms with Crippen molar-refractivity contribution >= 4 is 5.91 Å². The van der Waals surface area contributed by atoms with Gasteiger partial charge in [-0.15, -0.1) is 0 Å². The highest BCUT2D eigenvalue weighted by Crippen LogP contribution is 2.24. The van der Waals surface area contributed by atoms with Crippen LogP contribution in [-0.2, 0) is 0 Å². The number of H-pyrrole nitrogens is 1. The summed E-state index contributed by atoms with van der Waals surface area (Å²) in [6, 6.07) is 7.48. The minimum Gasteiger partial charge on any atom is -0.494 e. The molecule has 0 bridgehead atoms. The summed E-state index contributed by atoms with van der Waals surface area (Å²) in [6.45, 7) is 4.31. The zero-order valence-corrected chi connectivity index (χ0v) is 14.4. The van der Waals surface area contributed by atoms with Crippen molar-refractivity contribution in [2.75, 3.05) is 26.2 Å². The lowest BCUT2D eigenvalue weighted by molar-refractivity contribution is 0.0996. The Labute approximate surface area is 147 Å². The predicted molar refractivity (Wildman–Crippen MR) is 95.4 cm³/mol. The second kappa shape index (κ2) is 8.62. The van der Waals surface area contributed by atoms with E-state index in [1.807, 2.05) is 24.3 Å². The quantitative estimate of drug-likeness (QED) is 0.716. The number of rotatable bonds is 8. The van der Waals surface area contributed by atoms with Crippen molar-refractivity contribution in [3.63, 3.8) is 0 Å². The molecule has 1 aromatic carbocycles. The molecule has 134 valence electrons. The van der Waals surface area contributed by atoms with Crippen molar-refractivity contribution in [3.05, 3.63) is 30.0 Å². The van der Waals surface area contributed by atoms with Crippen LogP contribution in [0, 0.1) is 0 Å². The largest absolute Gasteiger partial charge is 0.494 e. The van der Waals surface area contributed by atoms with Crippen LogP contribution in [0.15, 0.2) is 24.3 Å². The van der Waals surface area contributed by atoms with Crippen LogP contribution in [0.4, 0.5) is 0 Å². The molecule has 1 saturated heterocycles. The summed E-state index contributed by atoms with van der Waals surface area (Å²) >= 11 is 0. The monoisotopic (exact) mass is 343 g/mol. The van der Waals surface area contributed by atoms with Gasteiger partial charge < -0.3 is 15.4 Å². The molecule has 25 heavy (non-hydrogen) atoms. The van der Waals surface area contributed by atoms with E-state index in [2.05, 4.69) is 20.3 Å². The molecular formula is C18H25N5O2. The van der Waals surface area contributed by atoms with Crippen molar-refractivity contribution in [2.24, 2.45) is 5.73 Å². The number of hydrogen-bond acceptors (Lipinski definition) is 5. The average molecular weight is 343 g/mol. The predicted octanol–water partition coefficient (Wildman–Crippen LogP) is 2.22. The Balaban J connectivity index is 1.48. The molecule has 0 spiro atoms. The molecule has 7 nitrogen and oxygen atoms in total. The molecule has 0 atom stereocenters. The van der Waals surface area contributed by atoms with Crippen LogP contribution in [0.2, 0.25) is 0 Å². The summed E-state index contributed by atoms with van der Waals surface area (Å²) in [5.74, 6) is 0.154. The van der Waals surface area contributed by atoms with Gasteiger partial charge in [-0.1, -0.05) is 18.6 Å². The summed E-state index contributed by atoms with van der Waals surface area (Å²) in [5, 5.41) is 10.3. The Morgan fingerprint density at radius 2 is 2.04 bits per heavy atom. The maximum Gasteiger partial charge on any atom is 0.271 e. The number of nitrogens with two attached hydrogens (primary N) is 1. The van der Waals surface area contributed by atoms with E-state index in [4.69, 9.17) is 10.5 Å². The maximum atomic E-state index is 11.4. The molecule has 1 aromatic heterocycles. The van der Waals surface area contributed by atoms with Gasteiger partial charge in [-0.3, -0.25) is 4.79 Å². The van der Waals surface area contributed by atoms with Gasteiger partial charge in [0.25, 0.3) is 5.91 Å². The zero-order chi connectivity index (χ0) is 17.5. The van der Waals surface area contributed by atoms with Gasteiger partial charge in [0.05, 0.1) is 6.61 Å². The van der Waals surface area contributed by atoms with Gasteiger partial charge in [0, 0.05) is 5.56 Å². The number of ether oxygens (including phenoxy) is 1. The summed E-state index contributed by atoms with van der Waals surface area (Å²) < 4.78 is 5.84. The minimum absolute atomic E-state index is 0.138. The lowest BCUT2D eigenvalue weighted by atomic mass is 10.1. The van der Waals surface area contributed by atoms with E-state index in [1.165, 1.54) is 32.4 Å². The fourth-order valence-corrected chi connectivity index (χ4v) is 3.15. The lowest BCUT2D eigenvalue weighted by Crippen LogP contribution is -2.30. The number of hydrogen-bond donors (Lipinski definition) is 2. The highest BCUT2D eigenvalue weighted by atomic mass is 16.5. The van der Waals surface area contributed by atoms with Gasteiger partial charge in [0.15, 0.2) is 5.69 Å². The molecule has 1 aliphatic heterocycles. The number of amides is 1. The normalized spacial score (nSPS) is 15.2. The second-order valence-corrected chi connectivity index (χ2v) is 6.37. The van der Waals surface area contributed by atoms with Gasteiger partial charge in [-0.2, -0.15) is 15.4 Å². The van der Waals surface area contributed by atoms with E-state index in [0.29, 0.717) is 12.3 Å². The average Bonchev–Trinajstić information content (AvgIpc) is 3.13. The Hall–Kier alpha value is -2.41. The number of benzene rings is 1. The van der Waals surface area contributed by atoms with Crippen molar-refractivity contribution < 1.29 is 9.53 Å². The lowest BCUT2D eigenvalue weighted by Gasteiger charge is -2.26. The van der Waals surface area contributed by atoms with Crippen LogP contribution in [0.3, 0.4) is 0 Å². The first-order valence-corrected chi connectivity index (χ1v) is 8.90. The van der Waals surface area contributed by atoms with Crippen LogP contribution >= 0.6 is 0 Å². The molecule has 1 amide bonds. The molecule has 1 aliphatic rings. The van der Waals surface area contributed by atoms with E-state index < -0.39 is 5.91 Å². The van der Waals surface area contributed by atoms with Gasteiger partial charge in [0.2, 0.25) is 0 Å². The number of carbonyl (C=O) groups is 1. The number of nitrogens with one attached hydrogen (secondary N) is 1. The first-order chi connectivity index (χ1) is 12.2. The van der Waals surface area contributed by atoms with Crippen LogP contribution in [-0.4, -0.2) is 52.5 Å². The summed E-state index contributed by atoms with van der Waals surface area (Å²) in [4.78, 5) is 13.9. The molecule has 2 aromatic rings. The molecule has 3 N–H and O–H groups in total. The highest BCUT2D eigenvalue weighted by molar-refractivity contribution is 5.96. The number of primary amides is 1. The molecule has 1 fully saturated rings. The Morgan fingerprint density at radius 3 is 2.84 bits per heavy atom. The smallest absolute Gasteiger partial charge is 0.271 e. The SMILES string of the molecule is NC(=O)c1n[nH]nc1-c1cccc(OCCCCN2CCCCC2)c1. The summed E-state index contributed by atoms with van der Waals surface area (Å²) in [7, 11) is 0. The van der Waals surface area contributed by atoms with Crippen LogP contribution in [0.25, 0.3) is 11.3 Å². The van der Waals surface area contributed by atoms with E-state index in [-0.39, 0.29) is 5.69 Å². The molecular weight excluding hydrogens is 318 g/mol. The first kappa shape index (κ1) is 17.4. The van der Waals surface area contributed by atoms with Crippen molar-refractivity contribution in [1.82, 2.24) is 20.3 Å². The first-order valence-electron chi connectivity index (χ1n) is 8.90. The summed E-state index contributed by atoms with van der Waals surface area (Å²) in [6.07, 6.45) is 6.21. The number of likely N-dealkylation sites (tertiary alicyclic amines) is 1. The van der Waals surface area contributed by atoms with Crippen molar-refractivity contribution in [2.45, 2.75) is 32.1 Å². The maximum absolute atomic E-state index is 11.4. The number of aromatic amines is 1. The topological polar surface area (TPSA) is 97.1 Å².